The van der Waals surface area contributed by atoms with Crippen molar-refractivity contribution < 1.29 is 14.3 Å². The highest BCUT2D eigenvalue weighted by molar-refractivity contribution is 5.92. The van der Waals surface area contributed by atoms with Crippen molar-refractivity contribution in [1.29, 1.82) is 0 Å². The molecule has 23 heavy (non-hydrogen) atoms. The summed E-state index contributed by atoms with van der Waals surface area (Å²) < 4.78 is 15.9. The Hall–Kier alpha value is -1.14. The van der Waals surface area contributed by atoms with E-state index in [1.165, 1.54) is 0 Å². The van der Waals surface area contributed by atoms with Crippen LogP contribution < -0.4 is 0 Å². The van der Waals surface area contributed by atoms with Crippen molar-refractivity contribution in [1.82, 2.24) is 0 Å². The van der Waals surface area contributed by atoms with Crippen LogP contribution >= 0.6 is 0 Å². The average Bonchev–Trinajstić information content (AvgIpc) is 2.80. The third-order valence-electron chi connectivity index (χ3n) is 7.77. The molecule has 3 saturated carbocycles. The summed E-state index contributed by atoms with van der Waals surface area (Å²) in [5.41, 5.74) is -1.88. The molecule has 0 aromatic carbocycles. The Bertz CT molecular complexity index is 632. The van der Waals surface area contributed by atoms with E-state index in [0.29, 0.717) is 31.6 Å². The molecule has 4 aliphatic rings. The van der Waals surface area contributed by atoms with Gasteiger partial charge in [-0.2, -0.15) is 0 Å². The molecule has 4 rings (SSSR count). The van der Waals surface area contributed by atoms with Gasteiger partial charge in [0.05, 0.1) is 0 Å². The van der Waals surface area contributed by atoms with Gasteiger partial charge in [-0.15, -0.1) is 6.42 Å². The summed E-state index contributed by atoms with van der Waals surface area (Å²) in [6.45, 7) is 2.11. The lowest BCUT2D eigenvalue weighted by Crippen LogP contribution is -2.56. The third kappa shape index (κ3) is 1.82. The number of terminal acetylenes is 1. The molecule has 2 nitrogen and oxygen atoms in total. The summed E-state index contributed by atoms with van der Waals surface area (Å²) >= 11 is 0. The Kier molecular flexibility index (Phi) is 3.14. The summed E-state index contributed by atoms with van der Waals surface area (Å²) in [6, 6.07) is 0. The van der Waals surface area contributed by atoms with Gasteiger partial charge in [-0.05, 0) is 68.4 Å². The zero-order valence-electron chi connectivity index (χ0n) is 13.8. The highest BCUT2D eigenvalue weighted by atomic mass is 19.1. The molecule has 0 spiro atoms. The molecule has 0 amide bonds. The van der Waals surface area contributed by atoms with Crippen LogP contribution in [0.5, 0.6) is 0 Å². The normalized spacial score (nSPS) is 52.0. The van der Waals surface area contributed by atoms with Crippen LogP contribution in [-0.2, 0) is 4.79 Å². The summed E-state index contributed by atoms with van der Waals surface area (Å²) in [7, 11) is 0. The Morgan fingerprint density at radius 3 is 2.70 bits per heavy atom. The molecular weight excluding hydrogens is 291 g/mol. The molecule has 1 N–H and O–H groups in total. The number of carbonyl (C=O) groups is 1. The van der Waals surface area contributed by atoms with E-state index in [4.69, 9.17) is 6.42 Å². The first-order chi connectivity index (χ1) is 10.8. The highest BCUT2D eigenvalue weighted by Crippen LogP contribution is 2.66. The van der Waals surface area contributed by atoms with Gasteiger partial charge >= 0.3 is 0 Å². The molecule has 0 aromatic rings. The number of rotatable bonds is 0. The summed E-state index contributed by atoms with van der Waals surface area (Å²) in [6.07, 6.45) is 12.6. The monoisotopic (exact) mass is 316 g/mol. The van der Waals surface area contributed by atoms with Crippen molar-refractivity contribution in [2.45, 2.75) is 69.6 Å². The van der Waals surface area contributed by atoms with Crippen LogP contribution in [0.4, 0.5) is 4.39 Å². The van der Waals surface area contributed by atoms with Crippen LogP contribution in [0, 0.1) is 35.5 Å². The Labute approximate surface area is 137 Å². The van der Waals surface area contributed by atoms with Crippen molar-refractivity contribution in [3.63, 3.8) is 0 Å². The Morgan fingerprint density at radius 1 is 1.22 bits per heavy atom. The van der Waals surface area contributed by atoms with Crippen LogP contribution in [0.1, 0.15) is 58.3 Å². The van der Waals surface area contributed by atoms with Crippen LogP contribution in [0.2, 0.25) is 0 Å². The second-order valence-electron chi connectivity index (χ2n) is 8.41. The number of allylic oxidation sites excluding steroid dienone is 1. The van der Waals surface area contributed by atoms with Gasteiger partial charge in [0.2, 0.25) is 0 Å². The predicted molar refractivity (Wildman–Crippen MR) is 86.2 cm³/mol. The molecule has 0 heterocycles. The first-order valence-electron chi connectivity index (χ1n) is 8.97. The molecule has 0 aliphatic heterocycles. The molecule has 4 aliphatic carbocycles. The number of alkyl halides is 1. The number of carbonyl (C=O) groups excluding carboxylic acids is 1. The number of hydrogen-bond acceptors (Lipinski definition) is 2. The van der Waals surface area contributed by atoms with Crippen LogP contribution in [0.15, 0.2) is 11.6 Å². The van der Waals surface area contributed by atoms with E-state index in [1.54, 1.807) is 6.08 Å². The lowest BCUT2D eigenvalue weighted by Gasteiger charge is -2.56. The maximum Gasteiger partial charge on any atom is 0.155 e. The Morgan fingerprint density at radius 2 is 1.96 bits per heavy atom. The standard InChI is InChI=1S/C20H25FO2/c1-3-19(23)10-8-16-15-5-4-13-12-14(22)6-11-20(13,21)17(15)7-9-18(16,19)2/h1,12,15-17,23H,4-11H2,2H3/t15-,16-,17-,18-,19-,20+/m0/s1. The second-order valence-corrected chi connectivity index (χ2v) is 8.41. The molecular formula is C20H25FO2. The number of halogens is 1. The molecule has 0 aromatic heterocycles. The van der Waals surface area contributed by atoms with Crippen molar-refractivity contribution >= 4 is 5.78 Å². The smallest absolute Gasteiger partial charge is 0.155 e. The molecule has 0 saturated heterocycles. The topological polar surface area (TPSA) is 37.3 Å². The largest absolute Gasteiger partial charge is 0.377 e. The zero-order valence-corrected chi connectivity index (χ0v) is 13.8. The number of fused-ring (bicyclic) bond motifs is 5. The fraction of sp³-hybridized carbons (Fsp3) is 0.750. The van der Waals surface area contributed by atoms with E-state index in [2.05, 4.69) is 12.8 Å². The first-order valence-corrected chi connectivity index (χ1v) is 8.97. The highest BCUT2D eigenvalue weighted by Gasteiger charge is 2.64. The van der Waals surface area contributed by atoms with Crippen molar-refractivity contribution in [3.05, 3.63) is 11.6 Å². The minimum atomic E-state index is -1.30. The van der Waals surface area contributed by atoms with Gasteiger partial charge in [0.15, 0.2) is 5.78 Å². The van der Waals surface area contributed by atoms with Crippen LogP contribution in [0.25, 0.3) is 0 Å². The fourth-order valence-corrected chi connectivity index (χ4v) is 6.39. The van der Waals surface area contributed by atoms with Gasteiger partial charge in [-0.25, -0.2) is 4.39 Å². The number of ketones is 1. The predicted octanol–water partition coefficient (Wildman–Crippen LogP) is 3.58. The quantitative estimate of drug-likeness (QED) is 0.694. The molecule has 0 radical (unpaired) electrons. The fourth-order valence-electron chi connectivity index (χ4n) is 6.39. The maximum absolute atomic E-state index is 15.9. The number of hydrogen-bond donors (Lipinski definition) is 1. The Balaban J connectivity index is 1.70. The molecule has 0 bridgehead atoms. The minimum absolute atomic E-state index is 0.00574. The summed E-state index contributed by atoms with van der Waals surface area (Å²) in [5.74, 6) is 3.31. The van der Waals surface area contributed by atoms with Crippen LogP contribution in [-0.4, -0.2) is 22.2 Å². The van der Waals surface area contributed by atoms with Gasteiger partial charge in [-0.3, -0.25) is 4.79 Å². The van der Waals surface area contributed by atoms with E-state index < -0.39 is 11.3 Å². The first kappa shape index (κ1) is 15.4. The van der Waals surface area contributed by atoms with Crippen LogP contribution in [0.3, 0.4) is 0 Å². The van der Waals surface area contributed by atoms with E-state index in [9.17, 15) is 9.90 Å². The summed E-state index contributed by atoms with van der Waals surface area (Å²) in [5, 5.41) is 10.9. The SMILES string of the molecule is C#C[C@]1(O)CC[C@H]2[C@@H]3CCC4=CC(=O)CC[C@]4(F)[C@H]3CC[C@@]21C. The molecule has 6 atom stereocenters. The van der Waals surface area contributed by atoms with E-state index >= 15 is 4.39 Å². The molecule has 3 fully saturated rings. The number of aliphatic hydroxyl groups is 1. The molecule has 124 valence electrons. The van der Waals surface area contributed by atoms with Gasteiger partial charge in [0.25, 0.3) is 0 Å². The van der Waals surface area contributed by atoms with Gasteiger partial charge in [0, 0.05) is 17.8 Å². The third-order valence-corrected chi connectivity index (χ3v) is 7.77. The second kappa shape index (κ2) is 4.70. The lowest BCUT2D eigenvalue weighted by atomic mass is 9.50. The van der Waals surface area contributed by atoms with Gasteiger partial charge in [-0.1, -0.05) is 12.8 Å². The maximum atomic E-state index is 15.9. The van der Waals surface area contributed by atoms with Crippen molar-refractivity contribution in [3.8, 4) is 12.3 Å². The summed E-state index contributed by atoms with van der Waals surface area (Å²) in [4.78, 5) is 11.7. The van der Waals surface area contributed by atoms with E-state index in [1.807, 2.05) is 0 Å². The van der Waals surface area contributed by atoms with Crippen molar-refractivity contribution in [2.24, 2.45) is 23.2 Å². The molecule has 3 heteroatoms. The molecule has 0 unspecified atom stereocenters. The van der Waals surface area contributed by atoms with E-state index in [0.717, 1.165) is 31.3 Å². The van der Waals surface area contributed by atoms with Gasteiger partial charge in [0.1, 0.15) is 11.3 Å². The van der Waals surface area contributed by atoms with Crippen molar-refractivity contribution in [2.75, 3.05) is 0 Å². The minimum Gasteiger partial charge on any atom is -0.377 e. The van der Waals surface area contributed by atoms with E-state index in [-0.39, 0.29) is 23.0 Å². The van der Waals surface area contributed by atoms with Gasteiger partial charge < -0.3 is 5.11 Å². The lowest BCUT2D eigenvalue weighted by molar-refractivity contribution is -0.122. The zero-order chi connectivity index (χ0) is 16.5. The average molecular weight is 316 g/mol.